The minimum atomic E-state index is -0.501. The Morgan fingerprint density at radius 3 is 2.34 bits per heavy atom. The molecule has 0 unspecified atom stereocenters. The number of nitrogens with zero attached hydrogens (tertiary/aromatic N) is 1. The molecule has 1 fully saturated rings. The topological polar surface area (TPSA) is 86.7 Å². The highest BCUT2D eigenvalue weighted by Crippen LogP contribution is 2.33. The number of hydrogen-bond acceptors (Lipinski definition) is 5. The number of rotatable bonds is 4. The molecule has 2 aromatic carbocycles. The highest BCUT2D eigenvalue weighted by atomic mass is 32.2. The molecule has 150 valence electrons. The molecule has 0 saturated carbocycles. The van der Waals surface area contributed by atoms with Crippen LogP contribution < -0.4 is 5.32 Å². The largest absolute Gasteiger partial charge is 0.507 e. The van der Waals surface area contributed by atoms with Crippen molar-refractivity contribution in [3.8, 4) is 5.75 Å². The lowest BCUT2D eigenvalue weighted by atomic mass is 10.1. The molecule has 1 aliphatic rings. The molecule has 0 atom stereocenters. The van der Waals surface area contributed by atoms with Gasteiger partial charge in [0.25, 0.3) is 11.1 Å². The summed E-state index contributed by atoms with van der Waals surface area (Å²) in [6.07, 6.45) is 1.60. The number of aryl methyl sites for hydroxylation is 4. The SMILES string of the molecule is Cc1ccc(NC(=O)CN2C(=O)S/C(=C\c3cc(C)c(O)c(C)c3)C2=O)c(C)c1. The van der Waals surface area contributed by atoms with Crippen LogP contribution in [0, 0.1) is 27.7 Å². The van der Waals surface area contributed by atoms with Crippen LogP contribution >= 0.6 is 11.8 Å². The Morgan fingerprint density at radius 2 is 1.72 bits per heavy atom. The summed E-state index contributed by atoms with van der Waals surface area (Å²) in [4.78, 5) is 38.5. The van der Waals surface area contributed by atoms with Crippen LogP contribution in [0.4, 0.5) is 10.5 Å². The van der Waals surface area contributed by atoms with Crippen molar-refractivity contribution in [1.29, 1.82) is 0 Å². The maximum absolute atomic E-state index is 12.6. The van der Waals surface area contributed by atoms with E-state index in [0.29, 0.717) is 22.4 Å². The van der Waals surface area contributed by atoms with Crippen LogP contribution in [0.2, 0.25) is 0 Å². The summed E-state index contributed by atoms with van der Waals surface area (Å²) in [5, 5.41) is 12.2. The first-order valence-corrected chi connectivity index (χ1v) is 9.90. The second-order valence-corrected chi connectivity index (χ2v) is 8.13. The van der Waals surface area contributed by atoms with E-state index in [4.69, 9.17) is 0 Å². The number of benzene rings is 2. The summed E-state index contributed by atoms with van der Waals surface area (Å²) < 4.78 is 0. The maximum Gasteiger partial charge on any atom is 0.294 e. The molecule has 0 spiro atoms. The van der Waals surface area contributed by atoms with Crippen molar-refractivity contribution in [2.24, 2.45) is 0 Å². The minimum Gasteiger partial charge on any atom is -0.507 e. The molecule has 0 radical (unpaired) electrons. The lowest BCUT2D eigenvalue weighted by molar-refractivity contribution is -0.127. The Labute approximate surface area is 173 Å². The number of hydrogen-bond donors (Lipinski definition) is 2. The van der Waals surface area contributed by atoms with E-state index in [0.717, 1.165) is 27.8 Å². The van der Waals surface area contributed by atoms with E-state index in [-0.39, 0.29) is 17.2 Å². The van der Waals surface area contributed by atoms with Gasteiger partial charge in [0.05, 0.1) is 4.91 Å². The standard InChI is InChI=1S/C22H22N2O4S/c1-12-5-6-17(13(2)7-12)23-19(25)11-24-21(27)18(29-22(24)28)10-16-8-14(3)20(26)15(4)9-16/h5-10,26H,11H2,1-4H3,(H,23,25)/b18-10-. The number of phenolic OH excluding ortho intramolecular Hbond substituents is 1. The van der Waals surface area contributed by atoms with Crippen LogP contribution in [0.15, 0.2) is 35.2 Å². The van der Waals surface area contributed by atoms with Gasteiger partial charge in [-0.25, -0.2) is 0 Å². The van der Waals surface area contributed by atoms with Crippen molar-refractivity contribution >= 4 is 40.6 Å². The molecule has 2 N–H and O–H groups in total. The molecular weight excluding hydrogens is 388 g/mol. The molecule has 6 nitrogen and oxygen atoms in total. The maximum atomic E-state index is 12.6. The number of amides is 3. The number of thioether (sulfide) groups is 1. The first-order valence-electron chi connectivity index (χ1n) is 9.08. The Morgan fingerprint density at radius 1 is 1.07 bits per heavy atom. The van der Waals surface area contributed by atoms with Gasteiger partial charge in [-0.3, -0.25) is 19.3 Å². The van der Waals surface area contributed by atoms with E-state index in [2.05, 4.69) is 5.32 Å². The van der Waals surface area contributed by atoms with Gasteiger partial charge in [-0.05, 0) is 86.0 Å². The number of anilines is 1. The van der Waals surface area contributed by atoms with Gasteiger partial charge < -0.3 is 10.4 Å². The fourth-order valence-corrected chi connectivity index (χ4v) is 3.99. The predicted octanol–water partition coefficient (Wildman–Crippen LogP) is 4.30. The smallest absolute Gasteiger partial charge is 0.294 e. The molecule has 0 bridgehead atoms. The number of imide groups is 1. The summed E-state index contributed by atoms with van der Waals surface area (Å²) in [5.74, 6) is -0.727. The predicted molar refractivity (Wildman–Crippen MR) is 115 cm³/mol. The van der Waals surface area contributed by atoms with Crippen LogP contribution in [-0.4, -0.2) is 33.6 Å². The third-order valence-corrected chi connectivity index (χ3v) is 5.55. The Balaban J connectivity index is 1.74. The van der Waals surface area contributed by atoms with E-state index in [1.165, 1.54) is 0 Å². The quantitative estimate of drug-likeness (QED) is 0.734. The number of carbonyl (C=O) groups is 3. The molecule has 7 heteroatoms. The molecule has 3 amide bonds. The second kappa shape index (κ2) is 8.13. The molecule has 1 saturated heterocycles. The highest BCUT2D eigenvalue weighted by Gasteiger charge is 2.36. The zero-order valence-electron chi connectivity index (χ0n) is 16.7. The van der Waals surface area contributed by atoms with Gasteiger partial charge in [0.1, 0.15) is 12.3 Å². The number of aromatic hydroxyl groups is 1. The van der Waals surface area contributed by atoms with E-state index in [9.17, 15) is 19.5 Å². The van der Waals surface area contributed by atoms with Crippen molar-refractivity contribution < 1.29 is 19.5 Å². The van der Waals surface area contributed by atoms with E-state index >= 15 is 0 Å². The van der Waals surface area contributed by atoms with Crippen molar-refractivity contribution in [2.75, 3.05) is 11.9 Å². The van der Waals surface area contributed by atoms with Crippen molar-refractivity contribution in [2.45, 2.75) is 27.7 Å². The zero-order chi connectivity index (χ0) is 21.3. The van der Waals surface area contributed by atoms with Gasteiger partial charge in [-0.15, -0.1) is 0 Å². The third-order valence-electron chi connectivity index (χ3n) is 4.64. The monoisotopic (exact) mass is 410 g/mol. The number of phenols is 1. The van der Waals surface area contributed by atoms with E-state index in [1.54, 1.807) is 38.1 Å². The molecule has 29 heavy (non-hydrogen) atoms. The van der Waals surface area contributed by atoms with Gasteiger partial charge in [-0.2, -0.15) is 0 Å². The van der Waals surface area contributed by atoms with Gasteiger partial charge in [-0.1, -0.05) is 17.7 Å². The zero-order valence-corrected chi connectivity index (χ0v) is 17.5. The summed E-state index contributed by atoms with van der Waals surface area (Å²) in [7, 11) is 0. The summed E-state index contributed by atoms with van der Waals surface area (Å²) in [6.45, 7) is 7.03. The third kappa shape index (κ3) is 4.51. The minimum absolute atomic E-state index is 0.207. The van der Waals surface area contributed by atoms with Crippen molar-refractivity contribution in [3.63, 3.8) is 0 Å². The summed E-state index contributed by atoms with van der Waals surface area (Å²) >= 11 is 0.802. The second-order valence-electron chi connectivity index (χ2n) is 7.14. The van der Waals surface area contributed by atoms with Crippen LogP contribution in [0.1, 0.15) is 27.8 Å². The first kappa shape index (κ1) is 20.7. The fourth-order valence-electron chi connectivity index (χ4n) is 3.15. The Kier molecular flexibility index (Phi) is 5.79. The molecule has 1 heterocycles. The number of nitrogens with one attached hydrogen (secondary N) is 1. The van der Waals surface area contributed by atoms with Crippen LogP contribution in [0.25, 0.3) is 6.08 Å². The van der Waals surface area contributed by atoms with Gasteiger partial charge in [0.15, 0.2) is 0 Å². The van der Waals surface area contributed by atoms with E-state index < -0.39 is 17.1 Å². The van der Waals surface area contributed by atoms with Crippen LogP contribution in [0.3, 0.4) is 0 Å². The lowest BCUT2D eigenvalue weighted by Gasteiger charge is -2.14. The van der Waals surface area contributed by atoms with Gasteiger partial charge in [0.2, 0.25) is 5.91 Å². The van der Waals surface area contributed by atoms with E-state index in [1.807, 2.05) is 26.0 Å². The summed E-state index contributed by atoms with van der Waals surface area (Å²) in [6, 6.07) is 9.10. The van der Waals surface area contributed by atoms with Crippen molar-refractivity contribution in [3.05, 3.63) is 63.1 Å². The normalized spacial score (nSPS) is 15.3. The molecule has 2 aromatic rings. The fraction of sp³-hybridized carbons (Fsp3) is 0.227. The first-order chi connectivity index (χ1) is 13.7. The van der Waals surface area contributed by atoms with Gasteiger partial charge in [0, 0.05) is 5.69 Å². The lowest BCUT2D eigenvalue weighted by Crippen LogP contribution is -2.36. The van der Waals surface area contributed by atoms with Crippen molar-refractivity contribution in [1.82, 2.24) is 4.90 Å². The Hall–Kier alpha value is -3.06. The van der Waals surface area contributed by atoms with Crippen LogP contribution in [0.5, 0.6) is 5.75 Å². The van der Waals surface area contributed by atoms with Gasteiger partial charge >= 0.3 is 0 Å². The van der Waals surface area contributed by atoms with Crippen LogP contribution in [-0.2, 0) is 9.59 Å². The molecule has 0 aliphatic carbocycles. The molecule has 1 aliphatic heterocycles. The highest BCUT2D eigenvalue weighted by molar-refractivity contribution is 8.18. The average Bonchev–Trinajstić information content (AvgIpc) is 2.89. The molecule has 0 aromatic heterocycles. The average molecular weight is 410 g/mol. The Bertz CT molecular complexity index is 1040. The number of carbonyl (C=O) groups excluding carboxylic acids is 3. The molecule has 3 rings (SSSR count). The molecular formula is C22H22N2O4S. The summed E-state index contributed by atoms with van der Waals surface area (Å²) in [5.41, 5.74) is 4.72.